The highest BCUT2D eigenvalue weighted by atomic mass is 16.5. The van der Waals surface area contributed by atoms with Crippen molar-refractivity contribution < 1.29 is 14.8 Å². The van der Waals surface area contributed by atoms with Gasteiger partial charge in [-0.1, -0.05) is 12.1 Å². The zero-order valence-corrected chi connectivity index (χ0v) is 9.12. The van der Waals surface area contributed by atoms with E-state index in [4.69, 9.17) is 4.74 Å². The summed E-state index contributed by atoms with van der Waals surface area (Å²) in [4.78, 5) is 11.4. The van der Waals surface area contributed by atoms with Gasteiger partial charge in [0.2, 0.25) is 0 Å². The summed E-state index contributed by atoms with van der Waals surface area (Å²) in [6.07, 6.45) is 0. The summed E-state index contributed by atoms with van der Waals surface area (Å²) < 4.78 is 5.13. The van der Waals surface area contributed by atoms with E-state index in [-0.39, 0.29) is 5.91 Å². The lowest BCUT2D eigenvalue weighted by Gasteiger charge is -2.08. The number of carbonyl (C=O) groups excluding carboxylic acids is 1. The molecule has 1 amide bonds. The van der Waals surface area contributed by atoms with E-state index in [0.717, 1.165) is 12.2 Å². The molecule has 4 heteroatoms. The molecule has 0 aliphatic heterocycles. The van der Waals surface area contributed by atoms with E-state index in [9.17, 15) is 4.79 Å². The summed E-state index contributed by atoms with van der Waals surface area (Å²) in [6, 6.07) is 7.37. The number of benzene rings is 1. The summed E-state index contributed by atoms with van der Waals surface area (Å²) in [6.45, 7) is 3.35. The van der Waals surface area contributed by atoms with Gasteiger partial charge in [0.05, 0.1) is 19.3 Å². The van der Waals surface area contributed by atoms with E-state index in [1.54, 1.807) is 7.11 Å². The zero-order chi connectivity index (χ0) is 11.1. The maximum atomic E-state index is 11.4. The van der Waals surface area contributed by atoms with Crippen molar-refractivity contribution >= 4 is 11.6 Å². The first-order chi connectivity index (χ1) is 7.27. The number of hydrogen-bond acceptors (Lipinski definition) is 2. The van der Waals surface area contributed by atoms with Gasteiger partial charge in [-0.25, -0.2) is 0 Å². The van der Waals surface area contributed by atoms with E-state index in [1.807, 2.05) is 36.5 Å². The van der Waals surface area contributed by atoms with Gasteiger partial charge in [0.15, 0.2) is 6.54 Å². The number of nitrogens with two attached hydrogens (primary N) is 1. The fourth-order valence-electron chi connectivity index (χ4n) is 1.22. The molecule has 0 saturated heterocycles. The number of likely N-dealkylation sites (N-methyl/N-ethyl adjacent to an activating group) is 1. The van der Waals surface area contributed by atoms with Crippen molar-refractivity contribution in [1.82, 2.24) is 0 Å². The lowest BCUT2D eigenvalue weighted by atomic mass is 10.3. The van der Waals surface area contributed by atoms with Crippen LogP contribution in [0.2, 0.25) is 0 Å². The number of quaternary nitrogens is 1. The van der Waals surface area contributed by atoms with Gasteiger partial charge in [-0.2, -0.15) is 0 Å². The highest BCUT2D eigenvalue weighted by Crippen LogP contribution is 2.22. The van der Waals surface area contributed by atoms with Crippen molar-refractivity contribution in [2.75, 3.05) is 25.5 Å². The molecule has 0 fully saturated rings. The molecule has 0 radical (unpaired) electrons. The number of methoxy groups -OCH3 is 1. The third kappa shape index (κ3) is 3.59. The molecule has 0 heterocycles. The standard InChI is InChI=1S/C11H16N2O2/c1-3-12-8-11(14)13-9-6-4-5-7-10(9)15-2/h4-7,12H,3,8H2,1-2H3,(H,13,14)/p+1. The average molecular weight is 209 g/mol. The smallest absolute Gasteiger partial charge is 0.279 e. The Hall–Kier alpha value is -1.55. The Bertz CT molecular complexity index is 326. The minimum atomic E-state index is -0.0126. The number of rotatable bonds is 5. The molecule has 82 valence electrons. The quantitative estimate of drug-likeness (QED) is 0.728. The van der Waals surface area contributed by atoms with Gasteiger partial charge in [0, 0.05) is 0 Å². The van der Waals surface area contributed by atoms with E-state index < -0.39 is 0 Å². The van der Waals surface area contributed by atoms with Crippen LogP contribution in [0.15, 0.2) is 24.3 Å². The third-order valence-electron chi connectivity index (χ3n) is 2.00. The Morgan fingerprint density at radius 1 is 1.47 bits per heavy atom. The van der Waals surface area contributed by atoms with Crippen molar-refractivity contribution in [3.63, 3.8) is 0 Å². The van der Waals surface area contributed by atoms with Gasteiger partial charge >= 0.3 is 0 Å². The van der Waals surface area contributed by atoms with Crippen LogP contribution in [-0.4, -0.2) is 26.1 Å². The number of ether oxygens (including phenoxy) is 1. The Labute approximate surface area is 89.6 Å². The zero-order valence-electron chi connectivity index (χ0n) is 9.12. The molecule has 0 aromatic heterocycles. The number of carbonyl (C=O) groups is 1. The Morgan fingerprint density at radius 3 is 2.87 bits per heavy atom. The fraction of sp³-hybridized carbons (Fsp3) is 0.364. The molecule has 0 spiro atoms. The van der Waals surface area contributed by atoms with Crippen molar-refractivity contribution in [3.8, 4) is 5.75 Å². The lowest BCUT2D eigenvalue weighted by molar-refractivity contribution is -0.640. The summed E-state index contributed by atoms with van der Waals surface area (Å²) in [5.41, 5.74) is 0.717. The lowest BCUT2D eigenvalue weighted by Crippen LogP contribution is -2.85. The van der Waals surface area contributed by atoms with Gasteiger partial charge in [0.1, 0.15) is 5.75 Å². The minimum absolute atomic E-state index is 0.0126. The number of para-hydroxylation sites is 2. The van der Waals surface area contributed by atoms with Crippen LogP contribution in [0.3, 0.4) is 0 Å². The van der Waals surface area contributed by atoms with Gasteiger partial charge < -0.3 is 15.4 Å². The average Bonchev–Trinajstić information content (AvgIpc) is 2.27. The first-order valence-corrected chi connectivity index (χ1v) is 5.02. The molecular formula is C11H17N2O2+. The van der Waals surface area contributed by atoms with Gasteiger partial charge in [-0.05, 0) is 19.1 Å². The topological polar surface area (TPSA) is 54.9 Å². The van der Waals surface area contributed by atoms with Crippen LogP contribution in [0, 0.1) is 0 Å². The van der Waals surface area contributed by atoms with Crippen molar-refractivity contribution in [2.24, 2.45) is 0 Å². The van der Waals surface area contributed by atoms with Crippen LogP contribution in [-0.2, 0) is 4.79 Å². The molecule has 0 atom stereocenters. The largest absolute Gasteiger partial charge is 0.495 e. The molecule has 1 aromatic carbocycles. The van der Waals surface area contributed by atoms with Crippen molar-refractivity contribution in [3.05, 3.63) is 24.3 Å². The molecular weight excluding hydrogens is 192 g/mol. The molecule has 0 aliphatic carbocycles. The minimum Gasteiger partial charge on any atom is -0.495 e. The highest BCUT2D eigenvalue weighted by molar-refractivity contribution is 5.92. The summed E-state index contributed by atoms with van der Waals surface area (Å²) >= 11 is 0. The predicted octanol–water partition coefficient (Wildman–Crippen LogP) is 0.217. The van der Waals surface area contributed by atoms with Crippen LogP contribution in [0.5, 0.6) is 5.75 Å². The number of nitrogens with one attached hydrogen (secondary N) is 1. The summed E-state index contributed by atoms with van der Waals surface area (Å²) in [5.74, 6) is 0.670. The number of amides is 1. The normalized spacial score (nSPS) is 9.73. The maximum absolute atomic E-state index is 11.4. The molecule has 0 aliphatic rings. The maximum Gasteiger partial charge on any atom is 0.279 e. The Morgan fingerprint density at radius 2 is 2.20 bits per heavy atom. The third-order valence-corrected chi connectivity index (χ3v) is 2.00. The fourth-order valence-corrected chi connectivity index (χ4v) is 1.22. The van der Waals surface area contributed by atoms with Gasteiger partial charge in [0.25, 0.3) is 5.91 Å². The second-order valence-electron chi connectivity index (χ2n) is 3.15. The van der Waals surface area contributed by atoms with Crippen LogP contribution >= 0.6 is 0 Å². The molecule has 3 N–H and O–H groups in total. The van der Waals surface area contributed by atoms with E-state index in [0.29, 0.717) is 12.3 Å². The first-order valence-electron chi connectivity index (χ1n) is 5.02. The summed E-state index contributed by atoms with van der Waals surface area (Å²) in [7, 11) is 1.59. The second-order valence-corrected chi connectivity index (χ2v) is 3.15. The molecule has 4 nitrogen and oxygen atoms in total. The molecule has 1 rings (SSSR count). The monoisotopic (exact) mass is 209 g/mol. The first kappa shape index (κ1) is 11.5. The molecule has 0 saturated carbocycles. The van der Waals surface area contributed by atoms with Crippen LogP contribution < -0.4 is 15.4 Å². The SMILES string of the molecule is CC[NH2+]CC(=O)Nc1ccccc1OC. The Balaban J connectivity index is 2.59. The van der Waals surface area contributed by atoms with Gasteiger partial charge in [-0.3, -0.25) is 4.79 Å². The Kier molecular flexibility index (Phi) is 4.63. The highest BCUT2D eigenvalue weighted by Gasteiger charge is 2.06. The van der Waals surface area contributed by atoms with Gasteiger partial charge in [-0.15, -0.1) is 0 Å². The predicted molar refractivity (Wildman–Crippen MR) is 59.0 cm³/mol. The van der Waals surface area contributed by atoms with Crippen LogP contribution in [0.25, 0.3) is 0 Å². The summed E-state index contributed by atoms with van der Waals surface area (Å²) in [5, 5.41) is 4.74. The van der Waals surface area contributed by atoms with E-state index >= 15 is 0 Å². The van der Waals surface area contributed by atoms with Crippen LogP contribution in [0.1, 0.15) is 6.92 Å². The molecule has 15 heavy (non-hydrogen) atoms. The molecule has 0 bridgehead atoms. The molecule has 0 unspecified atom stereocenters. The molecule has 1 aromatic rings. The second kappa shape index (κ2) is 6.03. The van der Waals surface area contributed by atoms with Crippen LogP contribution in [0.4, 0.5) is 5.69 Å². The van der Waals surface area contributed by atoms with Crippen molar-refractivity contribution in [1.29, 1.82) is 0 Å². The van der Waals surface area contributed by atoms with Crippen molar-refractivity contribution in [2.45, 2.75) is 6.92 Å². The number of hydrogen-bond donors (Lipinski definition) is 2. The number of anilines is 1. The van der Waals surface area contributed by atoms with E-state index in [2.05, 4.69) is 5.32 Å². The van der Waals surface area contributed by atoms with E-state index in [1.165, 1.54) is 0 Å².